The molecule has 2 aromatic rings. The van der Waals surface area contributed by atoms with Crippen LogP contribution in [0.3, 0.4) is 0 Å². The summed E-state index contributed by atoms with van der Waals surface area (Å²) in [5.74, 6) is -2.37. The van der Waals surface area contributed by atoms with Gasteiger partial charge in [-0.25, -0.2) is 4.79 Å². The maximum atomic E-state index is 13.4. The van der Waals surface area contributed by atoms with Crippen molar-refractivity contribution in [2.45, 2.75) is 70.1 Å². The van der Waals surface area contributed by atoms with E-state index >= 15 is 0 Å². The van der Waals surface area contributed by atoms with Gasteiger partial charge in [-0.2, -0.15) is 11.8 Å². The number of benzene rings is 1. The zero-order valence-corrected chi connectivity index (χ0v) is 23.7. The topological polar surface area (TPSA) is 192 Å². The van der Waals surface area contributed by atoms with Gasteiger partial charge < -0.3 is 37.5 Å². The van der Waals surface area contributed by atoms with E-state index in [0.717, 1.165) is 16.5 Å². The van der Waals surface area contributed by atoms with Crippen LogP contribution in [0.25, 0.3) is 10.9 Å². The lowest BCUT2D eigenvalue weighted by atomic mass is 9.99. The molecule has 1 aromatic carbocycles. The largest absolute Gasteiger partial charge is 0.480 e. The molecular formula is C27H42N6O5S. The van der Waals surface area contributed by atoms with Gasteiger partial charge in [-0.1, -0.05) is 32.0 Å². The molecule has 4 unspecified atom stereocenters. The number of carbonyl (C=O) groups excluding carboxylic acids is 3. The molecule has 2 rings (SSSR count). The molecule has 0 bridgehead atoms. The number of aromatic amines is 1. The van der Waals surface area contributed by atoms with Crippen molar-refractivity contribution in [1.82, 2.24) is 20.9 Å². The van der Waals surface area contributed by atoms with Crippen LogP contribution < -0.4 is 27.4 Å². The van der Waals surface area contributed by atoms with Gasteiger partial charge in [0, 0.05) is 23.5 Å². The summed E-state index contributed by atoms with van der Waals surface area (Å²) in [6.07, 6.45) is 5.63. The van der Waals surface area contributed by atoms with Crippen molar-refractivity contribution in [3.8, 4) is 0 Å². The Labute approximate surface area is 233 Å². The predicted octanol–water partition coefficient (Wildman–Crippen LogP) is 1.11. The number of carboxylic acid groups (broad SMARTS) is 1. The van der Waals surface area contributed by atoms with Crippen molar-refractivity contribution < 1.29 is 24.3 Å². The third-order valence-corrected chi connectivity index (χ3v) is 7.15. The normalized spacial score (nSPS) is 14.4. The van der Waals surface area contributed by atoms with Gasteiger partial charge in [-0.15, -0.1) is 0 Å². The van der Waals surface area contributed by atoms with Gasteiger partial charge in [-0.05, 0) is 61.8 Å². The lowest BCUT2D eigenvalue weighted by Crippen LogP contribution is -2.58. The first kappa shape index (κ1) is 32.1. The summed E-state index contributed by atoms with van der Waals surface area (Å²) in [7, 11) is 0. The van der Waals surface area contributed by atoms with Crippen LogP contribution in [-0.2, 0) is 25.6 Å². The number of rotatable bonds is 17. The van der Waals surface area contributed by atoms with Gasteiger partial charge in [0.1, 0.15) is 18.1 Å². The van der Waals surface area contributed by atoms with Crippen LogP contribution in [0.1, 0.15) is 45.1 Å². The monoisotopic (exact) mass is 562 g/mol. The molecule has 39 heavy (non-hydrogen) atoms. The number of para-hydroxylation sites is 1. The molecular weight excluding hydrogens is 520 g/mol. The number of carbonyl (C=O) groups is 4. The Balaban J connectivity index is 2.27. The molecule has 0 aliphatic rings. The summed E-state index contributed by atoms with van der Waals surface area (Å²) >= 11 is 1.57. The smallest absolute Gasteiger partial charge is 0.326 e. The number of thioether (sulfide) groups is 1. The predicted molar refractivity (Wildman–Crippen MR) is 154 cm³/mol. The molecule has 0 saturated carbocycles. The van der Waals surface area contributed by atoms with E-state index in [9.17, 15) is 24.3 Å². The standard InChI is InChI=1S/C27H42N6O5S/c1-16(2)23(33-24(34)19(29)11-13-39-3)26(36)32-22(14-17-15-30-20-9-5-4-8-18(17)20)25(35)31-21(27(37)38)10-6-7-12-28/h4-5,8-9,15-16,19,21-23,30H,6-7,10-14,28-29H2,1-3H3,(H,31,35)(H,32,36)(H,33,34)(H,37,38). The van der Waals surface area contributed by atoms with Crippen molar-refractivity contribution >= 4 is 46.4 Å². The van der Waals surface area contributed by atoms with E-state index in [1.165, 1.54) is 0 Å². The summed E-state index contributed by atoms with van der Waals surface area (Å²) in [5, 5.41) is 18.6. The van der Waals surface area contributed by atoms with Gasteiger partial charge in [0.05, 0.1) is 6.04 Å². The van der Waals surface area contributed by atoms with E-state index in [2.05, 4.69) is 20.9 Å². The molecule has 0 aliphatic carbocycles. The number of unbranched alkanes of at least 4 members (excludes halogenated alkanes) is 1. The number of hydrogen-bond donors (Lipinski definition) is 7. The molecule has 1 heterocycles. The van der Waals surface area contributed by atoms with Crippen molar-refractivity contribution in [3.05, 3.63) is 36.0 Å². The molecule has 0 saturated heterocycles. The van der Waals surface area contributed by atoms with E-state index in [4.69, 9.17) is 11.5 Å². The highest BCUT2D eigenvalue weighted by Gasteiger charge is 2.32. The van der Waals surface area contributed by atoms with Gasteiger partial charge in [0.25, 0.3) is 0 Å². The van der Waals surface area contributed by atoms with E-state index in [0.29, 0.717) is 31.6 Å². The number of aromatic nitrogens is 1. The minimum Gasteiger partial charge on any atom is -0.480 e. The first-order valence-electron chi connectivity index (χ1n) is 13.2. The highest BCUT2D eigenvalue weighted by molar-refractivity contribution is 7.98. The third kappa shape index (κ3) is 9.86. The molecule has 9 N–H and O–H groups in total. The fraction of sp³-hybridized carbons (Fsp3) is 0.556. The van der Waals surface area contributed by atoms with Crippen LogP contribution in [0, 0.1) is 5.92 Å². The summed E-state index contributed by atoms with van der Waals surface area (Å²) in [4.78, 5) is 54.4. The second-order valence-electron chi connectivity index (χ2n) is 9.93. The Morgan fingerprint density at radius 3 is 2.31 bits per heavy atom. The Kier molecular flexibility index (Phi) is 13.3. The lowest BCUT2D eigenvalue weighted by Gasteiger charge is -2.27. The van der Waals surface area contributed by atoms with Gasteiger partial charge in [-0.3, -0.25) is 14.4 Å². The summed E-state index contributed by atoms with van der Waals surface area (Å²) in [6.45, 7) is 3.98. The molecule has 0 fully saturated rings. The minimum atomic E-state index is -1.16. The number of H-pyrrole nitrogens is 1. The maximum absolute atomic E-state index is 13.4. The fourth-order valence-corrected chi connectivity index (χ4v) is 4.67. The highest BCUT2D eigenvalue weighted by atomic mass is 32.2. The summed E-state index contributed by atoms with van der Waals surface area (Å²) in [6, 6.07) is 3.64. The molecule has 3 amide bonds. The number of aliphatic carboxylic acids is 1. The first-order chi connectivity index (χ1) is 18.6. The number of nitrogens with one attached hydrogen (secondary N) is 4. The second kappa shape index (κ2) is 16.1. The highest BCUT2D eigenvalue weighted by Crippen LogP contribution is 2.19. The van der Waals surface area contributed by atoms with Crippen molar-refractivity contribution in [1.29, 1.82) is 0 Å². The minimum absolute atomic E-state index is 0.114. The van der Waals surface area contributed by atoms with Gasteiger partial charge in [0.2, 0.25) is 17.7 Å². The third-order valence-electron chi connectivity index (χ3n) is 6.51. The average molecular weight is 563 g/mol. The SMILES string of the molecule is CSCCC(N)C(=O)NC(C(=O)NC(Cc1c[nH]c2ccccc12)C(=O)NC(CCCCN)C(=O)O)C(C)C. The molecule has 0 aliphatic heterocycles. The zero-order chi connectivity index (χ0) is 28.9. The summed E-state index contributed by atoms with van der Waals surface area (Å²) < 4.78 is 0. The molecule has 12 heteroatoms. The van der Waals surface area contributed by atoms with E-state index in [1.807, 2.05) is 30.5 Å². The van der Waals surface area contributed by atoms with Crippen LogP contribution in [0.2, 0.25) is 0 Å². The second-order valence-corrected chi connectivity index (χ2v) is 10.9. The zero-order valence-electron chi connectivity index (χ0n) is 22.9. The van der Waals surface area contributed by atoms with Crippen LogP contribution in [-0.4, -0.2) is 76.5 Å². The number of nitrogens with two attached hydrogens (primary N) is 2. The number of carboxylic acids is 1. The molecule has 216 valence electrons. The Morgan fingerprint density at radius 1 is 0.974 bits per heavy atom. The van der Waals surface area contributed by atoms with Crippen molar-refractivity contribution in [2.24, 2.45) is 17.4 Å². The lowest BCUT2D eigenvalue weighted by molar-refractivity contribution is -0.142. The molecule has 0 radical (unpaired) electrons. The molecule has 0 spiro atoms. The van der Waals surface area contributed by atoms with Crippen LogP contribution >= 0.6 is 11.8 Å². The van der Waals surface area contributed by atoms with Crippen molar-refractivity contribution in [2.75, 3.05) is 18.6 Å². The summed E-state index contributed by atoms with van der Waals surface area (Å²) in [5.41, 5.74) is 13.2. The Hall–Kier alpha value is -3.09. The maximum Gasteiger partial charge on any atom is 0.326 e. The van der Waals surface area contributed by atoms with Gasteiger partial charge >= 0.3 is 5.97 Å². The Bertz CT molecular complexity index is 1110. The molecule has 11 nitrogen and oxygen atoms in total. The van der Waals surface area contributed by atoms with Crippen LogP contribution in [0.5, 0.6) is 0 Å². The average Bonchev–Trinajstić information content (AvgIpc) is 3.31. The fourth-order valence-electron chi connectivity index (χ4n) is 4.18. The first-order valence-corrected chi connectivity index (χ1v) is 14.6. The van der Waals surface area contributed by atoms with E-state index < -0.39 is 47.9 Å². The quantitative estimate of drug-likeness (QED) is 0.139. The van der Waals surface area contributed by atoms with Gasteiger partial charge in [0.15, 0.2) is 0 Å². The number of amides is 3. The molecule has 4 atom stereocenters. The number of fused-ring (bicyclic) bond motifs is 1. The van der Waals surface area contributed by atoms with E-state index in [1.54, 1.807) is 31.8 Å². The van der Waals surface area contributed by atoms with Crippen LogP contribution in [0.15, 0.2) is 30.5 Å². The van der Waals surface area contributed by atoms with E-state index in [-0.39, 0.29) is 18.8 Å². The Morgan fingerprint density at radius 2 is 1.67 bits per heavy atom. The van der Waals surface area contributed by atoms with Crippen molar-refractivity contribution in [3.63, 3.8) is 0 Å². The number of hydrogen-bond acceptors (Lipinski definition) is 7. The van der Waals surface area contributed by atoms with Crippen LogP contribution in [0.4, 0.5) is 0 Å². The molecule has 1 aromatic heterocycles.